The predicted molar refractivity (Wildman–Crippen MR) is 85.5 cm³/mol. The van der Waals surface area contributed by atoms with E-state index in [9.17, 15) is 17.6 Å². The minimum Gasteiger partial charge on any atom is -0.352 e. The second-order valence-corrected chi connectivity index (χ2v) is 7.41. The number of rotatable bonds is 7. The number of sulfonamides is 1. The van der Waals surface area contributed by atoms with E-state index in [1.54, 1.807) is 6.92 Å². The monoisotopic (exact) mass is 370 g/mol. The van der Waals surface area contributed by atoms with Gasteiger partial charge in [-0.25, -0.2) is 17.1 Å². The Labute approximate surface area is 139 Å². The molecule has 0 atom stereocenters. The molecule has 5 nitrogen and oxygen atoms in total. The second-order valence-electron chi connectivity index (χ2n) is 4.61. The lowest BCUT2D eigenvalue weighted by Gasteiger charge is -2.17. The average Bonchev–Trinajstić information content (AvgIpc) is 2.41. The van der Waals surface area contributed by atoms with E-state index in [0.717, 1.165) is 18.4 Å². The van der Waals surface area contributed by atoms with Crippen LogP contribution in [0.4, 0.5) is 4.39 Å². The largest absolute Gasteiger partial charge is 0.352 e. The van der Waals surface area contributed by atoms with Crippen molar-refractivity contribution in [1.82, 2.24) is 9.62 Å². The molecule has 0 aliphatic heterocycles. The molecule has 22 heavy (non-hydrogen) atoms. The molecule has 0 unspecified atom stereocenters. The van der Waals surface area contributed by atoms with Gasteiger partial charge in [-0.2, -0.15) is 0 Å². The smallest absolute Gasteiger partial charge is 0.252 e. The van der Waals surface area contributed by atoms with Crippen LogP contribution in [0.3, 0.4) is 0 Å². The molecule has 0 saturated heterocycles. The number of amides is 1. The maximum Gasteiger partial charge on any atom is 0.252 e. The standard InChI is InChI=1S/C13H17Cl2FN2O3S/c1-3-18(22(2,20)21)6-4-5-17-13(19)9-7-12(16)11(15)8-10(9)14/h7-8H,3-6H2,1-2H3,(H,17,19). The van der Waals surface area contributed by atoms with Gasteiger partial charge in [0.05, 0.1) is 21.9 Å². The number of carbonyl (C=O) groups excluding carboxylic acids is 1. The molecule has 0 aromatic heterocycles. The van der Waals surface area contributed by atoms with Crippen molar-refractivity contribution in [2.75, 3.05) is 25.9 Å². The Morgan fingerprint density at radius 3 is 2.50 bits per heavy atom. The van der Waals surface area contributed by atoms with E-state index in [1.165, 1.54) is 4.31 Å². The van der Waals surface area contributed by atoms with Gasteiger partial charge in [-0.3, -0.25) is 4.79 Å². The lowest BCUT2D eigenvalue weighted by atomic mass is 10.2. The SMILES string of the molecule is CCN(CCCNC(=O)c1cc(F)c(Cl)cc1Cl)S(C)(=O)=O. The molecule has 1 amide bonds. The van der Waals surface area contributed by atoms with Crippen LogP contribution in [0.1, 0.15) is 23.7 Å². The minimum absolute atomic E-state index is 0.0148. The fourth-order valence-electron chi connectivity index (χ4n) is 1.81. The molecule has 1 aromatic carbocycles. The van der Waals surface area contributed by atoms with Crippen molar-refractivity contribution < 1.29 is 17.6 Å². The molecule has 0 aliphatic carbocycles. The first-order chi connectivity index (χ1) is 10.2. The first kappa shape index (κ1) is 19.2. The van der Waals surface area contributed by atoms with Crippen LogP contribution in [0.5, 0.6) is 0 Å². The van der Waals surface area contributed by atoms with E-state index in [1.807, 2.05) is 0 Å². The molecule has 0 saturated carbocycles. The molecule has 0 radical (unpaired) electrons. The van der Waals surface area contributed by atoms with Gasteiger partial charge in [0.15, 0.2) is 0 Å². The third kappa shape index (κ3) is 5.39. The maximum absolute atomic E-state index is 13.3. The molecule has 0 spiro atoms. The van der Waals surface area contributed by atoms with Crippen molar-refractivity contribution in [3.05, 3.63) is 33.6 Å². The van der Waals surface area contributed by atoms with Gasteiger partial charge in [-0.15, -0.1) is 0 Å². The maximum atomic E-state index is 13.3. The molecule has 0 bridgehead atoms. The number of nitrogens with zero attached hydrogens (tertiary/aromatic N) is 1. The van der Waals surface area contributed by atoms with E-state index in [-0.39, 0.29) is 22.2 Å². The highest BCUT2D eigenvalue weighted by molar-refractivity contribution is 7.88. The van der Waals surface area contributed by atoms with Crippen molar-refractivity contribution in [2.24, 2.45) is 0 Å². The second kappa shape index (κ2) is 8.10. The first-order valence-corrected chi connectivity index (χ1v) is 9.15. The zero-order chi connectivity index (χ0) is 16.9. The highest BCUT2D eigenvalue weighted by Gasteiger charge is 2.15. The van der Waals surface area contributed by atoms with Crippen LogP contribution in [0, 0.1) is 5.82 Å². The average molecular weight is 371 g/mol. The normalized spacial score (nSPS) is 11.7. The number of halogens is 3. The number of benzene rings is 1. The molecule has 9 heteroatoms. The summed E-state index contributed by atoms with van der Waals surface area (Å²) in [7, 11) is -3.25. The van der Waals surface area contributed by atoms with Crippen molar-refractivity contribution in [3.63, 3.8) is 0 Å². The van der Waals surface area contributed by atoms with Gasteiger partial charge in [0.1, 0.15) is 5.82 Å². The van der Waals surface area contributed by atoms with Crippen molar-refractivity contribution >= 4 is 39.1 Å². The van der Waals surface area contributed by atoms with Crippen LogP contribution in [-0.2, 0) is 10.0 Å². The predicted octanol–water partition coefficient (Wildman–Crippen LogP) is 2.53. The highest BCUT2D eigenvalue weighted by atomic mass is 35.5. The van der Waals surface area contributed by atoms with E-state index in [0.29, 0.717) is 19.5 Å². The van der Waals surface area contributed by atoms with Crippen LogP contribution >= 0.6 is 23.2 Å². The number of carbonyl (C=O) groups is 1. The zero-order valence-corrected chi connectivity index (χ0v) is 14.5. The van der Waals surface area contributed by atoms with Crippen LogP contribution in [0.2, 0.25) is 10.0 Å². The van der Waals surface area contributed by atoms with Gasteiger partial charge in [0.2, 0.25) is 10.0 Å². The Morgan fingerprint density at radius 2 is 1.95 bits per heavy atom. The van der Waals surface area contributed by atoms with Gasteiger partial charge in [-0.05, 0) is 18.6 Å². The topological polar surface area (TPSA) is 66.5 Å². The Morgan fingerprint density at radius 1 is 1.32 bits per heavy atom. The fourth-order valence-corrected chi connectivity index (χ4v) is 3.21. The Kier molecular flexibility index (Phi) is 7.05. The Bertz CT molecular complexity index is 653. The van der Waals surface area contributed by atoms with Crippen LogP contribution in [0.15, 0.2) is 12.1 Å². The van der Waals surface area contributed by atoms with Crippen molar-refractivity contribution in [3.8, 4) is 0 Å². The lowest BCUT2D eigenvalue weighted by Crippen LogP contribution is -2.33. The molecular weight excluding hydrogens is 354 g/mol. The van der Waals surface area contributed by atoms with Gasteiger partial charge >= 0.3 is 0 Å². The first-order valence-electron chi connectivity index (χ1n) is 6.54. The van der Waals surface area contributed by atoms with Crippen LogP contribution in [0.25, 0.3) is 0 Å². The third-order valence-electron chi connectivity index (χ3n) is 2.95. The summed E-state index contributed by atoms with van der Waals surface area (Å²) in [5, 5.41) is 2.45. The van der Waals surface area contributed by atoms with Crippen LogP contribution < -0.4 is 5.32 Å². The van der Waals surface area contributed by atoms with Gasteiger partial charge in [-0.1, -0.05) is 30.1 Å². The lowest BCUT2D eigenvalue weighted by molar-refractivity contribution is 0.0952. The summed E-state index contributed by atoms with van der Waals surface area (Å²) in [6, 6.07) is 2.13. The van der Waals surface area contributed by atoms with E-state index in [2.05, 4.69) is 5.32 Å². The summed E-state index contributed by atoms with van der Waals surface area (Å²) >= 11 is 11.4. The highest BCUT2D eigenvalue weighted by Crippen LogP contribution is 2.24. The Hall–Kier alpha value is -0.890. The van der Waals surface area contributed by atoms with Crippen LogP contribution in [-0.4, -0.2) is 44.5 Å². The summed E-state index contributed by atoms with van der Waals surface area (Å²) in [5.74, 6) is -1.27. The summed E-state index contributed by atoms with van der Waals surface area (Å²) in [4.78, 5) is 11.9. The third-order valence-corrected chi connectivity index (χ3v) is 4.93. The number of nitrogens with one attached hydrogen (secondary N) is 1. The quantitative estimate of drug-likeness (QED) is 0.592. The summed E-state index contributed by atoms with van der Waals surface area (Å²) in [5.41, 5.74) is -0.0148. The van der Waals surface area contributed by atoms with Gasteiger partial charge in [0, 0.05) is 19.6 Å². The van der Waals surface area contributed by atoms with E-state index >= 15 is 0 Å². The number of hydrogen-bond donors (Lipinski definition) is 1. The molecular formula is C13H17Cl2FN2O3S. The molecule has 0 fully saturated rings. The fraction of sp³-hybridized carbons (Fsp3) is 0.462. The van der Waals surface area contributed by atoms with E-state index < -0.39 is 21.7 Å². The summed E-state index contributed by atoms with van der Waals surface area (Å²) in [6.07, 6.45) is 1.56. The molecule has 1 rings (SSSR count). The van der Waals surface area contributed by atoms with Crippen molar-refractivity contribution in [2.45, 2.75) is 13.3 Å². The summed E-state index contributed by atoms with van der Waals surface area (Å²) < 4.78 is 37.4. The van der Waals surface area contributed by atoms with E-state index in [4.69, 9.17) is 23.2 Å². The summed E-state index contributed by atoms with van der Waals surface area (Å²) in [6.45, 7) is 2.63. The molecule has 124 valence electrons. The molecule has 1 N–H and O–H groups in total. The van der Waals surface area contributed by atoms with Gasteiger partial charge in [0.25, 0.3) is 5.91 Å². The molecule has 0 heterocycles. The van der Waals surface area contributed by atoms with Gasteiger partial charge < -0.3 is 5.32 Å². The molecule has 1 aromatic rings. The minimum atomic E-state index is -3.25. The zero-order valence-electron chi connectivity index (χ0n) is 12.2. The molecule has 0 aliphatic rings. The Balaban J connectivity index is 2.56. The van der Waals surface area contributed by atoms with Crippen molar-refractivity contribution in [1.29, 1.82) is 0 Å². The number of hydrogen-bond acceptors (Lipinski definition) is 3.